The van der Waals surface area contributed by atoms with Crippen LogP contribution in [-0.2, 0) is 6.42 Å². The molecule has 3 nitrogen and oxygen atoms in total. The van der Waals surface area contributed by atoms with Gasteiger partial charge in [0.2, 0.25) is 0 Å². The van der Waals surface area contributed by atoms with Gasteiger partial charge in [0, 0.05) is 18.0 Å². The van der Waals surface area contributed by atoms with Gasteiger partial charge in [0.25, 0.3) is 0 Å². The summed E-state index contributed by atoms with van der Waals surface area (Å²) in [6.45, 7) is 2.73. The number of ether oxygens (including phenoxy) is 2. The predicted molar refractivity (Wildman–Crippen MR) is 84.2 cm³/mol. The summed E-state index contributed by atoms with van der Waals surface area (Å²) in [5, 5.41) is 3.53. The van der Waals surface area contributed by atoms with E-state index in [9.17, 15) is 0 Å². The molecule has 1 aliphatic rings. The highest BCUT2D eigenvalue weighted by Crippen LogP contribution is 2.32. The van der Waals surface area contributed by atoms with E-state index in [0.29, 0.717) is 5.92 Å². The number of hydrogen-bond acceptors (Lipinski definition) is 3. The maximum atomic E-state index is 5.70. The molecule has 0 aromatic heterocycles. The molecule has 0 saturated heterocycles. The molecule has 1 heterocycles. The molecule has 1 aliphatic heterocycles. The first-order valence-corrected chi connectivity index (χ1v) is 7.42. The van der Waals surface area contributed by atoms with Crippen LogP contribution in [0, 0.1) is 0 Å². The van der Waals surface area contributed by atoms with Crippen LogP contribution in [0.25, 0.3) is 0 Å². The Morgan fingerprint density at radius 3 is 2.76 bits per heavy atom. The van der Waals surface area contributed by atoms with E-state index in [0.717, 1.165) is 37.6 Å². The molecule has 0 fully saturated rings. The van der Waals surface area contributed by atoms with Gasteiger partial charge in [-0.1, -0.05) is 30.3 Å². The number of rotatable bonds is 6. The number of benzene rings is 2. The molecule has 3 rings (SSSR count). The first-order valence-electron chi connectivity index (χ1n) is 7.42. The van der Waals surface area contributed by atoms with Crippen molar-refractivity contribution in [2.45, 2.75) is 12.3 Å². The zero-order valence-corrected chi connectivity index (χ0v) is 12.3. The van der Waals surface area contributed by atoms with Gasteiger partial charge in [-0.2, -0.15) is 0 Å². The molecular weight excluding hydrogens is 262 g/mol. The lowest BCUT2D eigenvalue weighted by Crippen LogP contribution is -2.24. The number of para-hydroxylation sites is 1. The first kappa shape index (κ1) is 14.0. The van der Waals surface area contributed by atoms with E-state index in [-0.39, 0.29) is 0 Å². The van der Waals surface area contributed by atoms with Gasteiger partial charge in [-0.15, -0.1) is 0 Å². The summed E-state index contributed by atoms with van der Waals surface area (Å²) in [6.07, 6.45) is 1.03. The van der Waals surface area contributed by atoms with Gasteiger partial charge in [0.1, 0.15) is 11.5 Å². The summed E-state index contributed by atoms with van der Waals surface area (Å²) in [4.78, 5) is 0. The number of fused-ring (bicyclic) bond motifs is 1. The summed E-state index contributed by atoms with van der Waals surface area (Å²) in [5.74, 6) is 2.42. The molecule has 2 aromatic rings. The summed E-state index contributed by atoms with van der Waals surface area (Å²) in [5.41, 5.74) is 2.65. The third-order valence-corrected chi connectivity index (χ3v) is 3.94. The Kier molecular flexibility index (Phi) is 4.41. The van der Waals surface area contributed by atoms with E-state index in [1.165, 1.54) is 11.1 Å². The number of hydrogen-bond donors (Lipinski definition) is 1. The van der Waals surface area contributed by atoms with Crippen LogP contribution in [0.2, 0.25) is 0 Å². The lowest BCUT2D eigenvalue weighted by molar-refractivity contribution is 0.327. The molecular formula is C18H21NO2. The van der Waals surface area contributed by atoms with Crippen LogP contribution in [0.3, 0.4) is 0 Å². The molecule has 0 amide bonds. The molecule has 0 aliphatic carbocycles. The number of nitrogens with one attached hydrogen (secondary N) is 1. The zero-order valence-electron chi connectivity index (χ0n) is 12.3. The van der Waals surface area contributed by atoms with E-state index in [4.69, 9.17) is 9.47 Å². The maximum Gasteiger partial charge on any atom is 0.122 e. The SMILES string of the molecule is COc1ccc(CCNCC2COc3ccccc32)cc1. The van der Waals surface area contributed by atoms with E-state index >= 15 is 0 Å². The predicted octanol–water partition coefficient (Wildman–Crippen LogP) is 3.00. The normalized spacial score (nSPS) is 16.3. The third-order valence-electron chi connectivity index (χ3n) is 3.94. The van der Waals surface area contributed by atoms with Crippen molar-refractivity contribution < 1.29 is 9.47 Å². The van der Waals surface area contributed by atoms with Crippen LogP contribution >= 0.6 is 0 Å². The van der Waals surface area contributed by atoms with Crippen molar-refractivity contribution in [1.29, 1.82) is 0 Å². The topological polar surface area (TPSA) is 30.5 Å². The molecule has 0 spiro atoms. The molecule has 0 saturated carbocycles. The summed E-state index contributed by atoms with van der Waals surface area (Å²) in [7, 11) is 1.69. The van der Waals surface area contributed by atoms with Crippen LogP contribution in [0.1, 0.15) is 17.0 Å². The van der Waals surface area contributed by atoms with E-state index in [1.807, 2.05) is 24.3 Å². The lowest BCUT2D eigenvalue weighted by atomic mass is 10.0. The molecule has 1 atom stereocenters. The van der Waals surface area contributed by atoms with Gasteiger partial charge < -0.3 is 14.8 Å². The summed E-state index contributed by atoms with van der Waals surface area (Å²) < 4.78 is 10.9. The smallest absolute Gasteiger partial charge is 0.122 e. The molecule has 110 valence electrons. The highest BCUT2D eigenvalue weighted by molar-refractivity contribution is 5.39. The van der Waals surface area contributed by atoms with Crippen molar-refractivity contribution in [3.8, 4) is 11.5 Å². The maximum absolute atomic E-state index is 5.70. The molecule has 1 unspecified atom stereocenters. The van der Waals surface area contributed by atoms with Crippen molar-refractivity contribution in [1.82, 2.24) is 5.32 Å². The molecule has 0 bridgehead atoms. The van der Waals surface area contributed by atoms with Crippen LogP contribution < -0.4 is 14.8 Å². The molecule has 2 aromatic carbocycles. The second-order valence-corrected chi connectivity index (χ2v) is 5.35. The Morgan fingerprint density at radius 1 is 1.14 bits per heavy atom. The second-order valence-electron chi connectivity index (χ2n) is 5.35. The fraction of sp³-hybridized carbons (Fsp3) is 0.333. The quantitative estimate of drug-likeness (QED) is 0.827. The van der Waals surface area contributed by atoms with Gasteiger partial charge in [0.05, 0.1) is 13.7 Å². The van der Waals surface area contributed by atoms with Gasteiger partial charge >= 0.3 is 0 Å². The molecule has 3 heteroatoms. The monoisotopic (exact) mass is 283 g/mol. The Labute approximate surface area is 125 Å². The van der Waals surface area contributed by atoms with Gasteiger partial charge in [-0.3, -0.25) is 0 Å². The fourth-order valence-corrected chi connectivity index (χ4v) is 2.70. The largest absolute Gasteiger partial charge is 0.497 e. The van der Waals surface area contributed by atoms with Crippen LogP contribution in [0.5, 0.6) is 11.5 Å². The van der Waals surface area contributed by atoms with Crippen molar-refractivity contribution >= 4 is 0 Å². The van der Waals surface area contributed by atoms with Gasteiger partial charge in [-0.05, 0) is 36.7 Å². The standard InChI is InChI=1S/C18H21NO2/c1-20-16-8-6-14(7-9-16)10-11-19-12-15-13-21-18-5-3-2-4-17(15)18/h2-9,15,19H,10-13H2,1H3. The average molecular weight is 283 g/mol. The Hall–Kier alpha value is -2.00. The van der Waals surface area contributed by atoms with E-state index < -0.39 is 0 Å². The van der Waals surface area contributed by atoms with Crippen molar-refractivity contribution in [2.75, 3.05) is 26.8 Å². The Morgan fingerprint density at radius 2 is 1.95 bits per heavy atom. The van der Waals surface area contributed by atoms with Crippen LogP contribution in [-0.4, -0.2) is 26.8 Å². The van der Waals surface area contributed by atoms with Gasteiger partial charge in [0.15, 0.2) is 0 Å². The minimum absolute atomic E-state index is 0.470. The van der Waals surface area contributed by atoms with Gasteiger partial charge in [-0.25, -0.2) is 0 Å². The lowest BCUT2D eigenvalue weighted by Gasteiger charge is -2.10. The Balaban J connectivity index is 1.44. The minimum atomic E-state index is 0.470. The molecule has 21 heavy (non-hydrogen) atoms. The molecule has 0 radical (unpaired) electrons. The fourth-order valence-electron chi connectivity index (χ4n) is 2.70. The van der Waals surface area contributed by atoms with E-state index in [1.54, 1.807) is 7.11 Å². The van der Waals surface area contributed by atoms with E-state index in [2.05, 4.69) is 29.6 Å². The summed E-state index contributed by atoms with van der Waals surface area (Å²) in [6, 6.07) is 16.6. The van der Waals surface area contributed by atoms with Crippen molar-refractivity contribution in [3.63, 3.8) is 0 Å². The minimum Gasteiger partial charge on any atom is -0.497 e. The first-order chi connectivity index (χ1) is 10.4. The zero-order chi connectivity index (χ0) is 14.5. The van der Waals surface area contributed by atoms with Crippen LogP contribution in [0.4, 0.5) is 0 Å². The number of methoxy groups -OCH3 is 1. The highest BCUT2D eigenvalue weighted by Gasteiger charge is 2.22. The molecule has 1 N–H and O–H groups in total. The third kappa shape index (κ3) is 3.37. The Bertz CT molecular complexity index is 580. The van der Waals surface area contributed by atoms with Crippen molar-refractivity contribution in [2.24, 2.45) is 0 Å². The van der Waals surface area contributed by atoms with Crippen molar-refractivity contribution in [3.05, 3.63) is 59.7 Å². The van der Waals surface area contributed by atoms with Crippen LogP contribution in [0.15, 0.2) is 48.5 Å². The average Bonchev–Trinajstić information content (AvgIpc) is 2.95. The second kappa shape index (κ2) is 6.64. The highest BCUT2D eigenvalue weighted by atomic mass is 16.5. The summed E-state index contributed by atoms with van der Waals surface area (Å²) >= 11 is 0.